The van der Waals surface area contributed by atoms with E-state index in [0.717, 1.165) is 47.6 Å². The van der Waals surface area contributed by atoms with Gasteiger partial charge in [-0.2, -0.15) is 0 Å². The zero-order valence-corrected chi connectivity index (χ0v) is 13.6. The third kappa shape index (κ3) is 5.55. The summed E-state index contributed by atoms with van der Waals surface area (Å²) >= 11 is 6.73. The smallest absolute Gasteiger partial charge is 0.183 e. The normalized spacial score (nSPS) is 11.4. The molecule has 1 aromatic heterocycles. The quantitative estimate of drug-likeness (QED) is 0.711. The lowest BCUT2D eigenvalue weighted by Crippen LogP contribution is -2.27. The fourth-order valence-corrected chi connectivity index (χ4v) is 2.32. The first kappa shape index (κ1) is 15.2. The number of nitrogens with zero attached hydrogens (tertiary/aromatic N) is 1. The van der Waals surface area contributed by atoms with Crippen molar-refractivity contribution in [1.82, 2.24) is 10.2 Å². The molecule has 1 heterocycles. The molecule has 0 saturated heterocycles. The third-order valence-electron chi connectivity index (χ3n) is 2.72. The molecule has 0 unspecified atom stereocenters. The van der Waals surface area contributed by atoms with Crippen molar-refractivity contribution in [3.8, 4) is 0 Å². The molecule has 0 amide bonds. The van der Waals surface area contributed by atoms with Crippen molar-refractivity contribution < 1.29 is 4.42 Å². The minimum Gasteiger partial charge on any atom is -0.452 e. The van der Waals surface area contributed by atoms with Crippen molar-refractivity contribution in [2.75, 3.05) is 26.2 Å². The van der Waals surface area contributed by atoms with Crippen molar-refractivity contribution in [2.24, 2.45) is 0 Å². The molecule has 17 heavy (non-hydrogen) atoms. The number of furan rings is 1. The van der Waals surface area contributed by atoms with Crippen LogP contribution in [0.2, 0.25) is 0 Å². The van der Waals surface area contributed by atoms with Crippen molar-refractivity contribution in [1.29, 1.82) is 0 Å². The molecule has 0 bridgehead atoms. The van der Waals surface area contributed by atoms with Crippen LogP contribution in [0.15, 0.2) is 19.6 Å². The van der Waals surface area contributed by atoms with Gasteiger partial charge in [0, 0.05) is 0 Å². The fourth-order valence-electron chi connectivity index (χ4n) is 1.66. The zero-order valence-electron chi connectivity index (χ0n) is 10.4. The summed E-state index contributed by atoms with van der Waals surface area (Å²) in [6.07, 6.45) is 1.17. The van der Waals surface area contributed by atoms with Crippen LogP contribution in [0.25, 0.3) is 0 Å². The monoisotopic (exact) mass is 366 g/mol. The zero-order chi connectivity index (χ0) is 12.7. The number of hydrogen-bond donors (Lipinski definition) is 1. The predicted molar refractivity (Wildman–Crippen MR) is 78.2 cm³/mol. The Morgan fingerprint density at radius 2 is 2.00 bits per heavy atom. The maximum atomic E-state index is 5.48. The summed E-state index contributed by atoms with van der Waals surface area (Å²) in [6, 6.07) is 1.99. The first-order valence-electron chi connectivity index (χ1n) is 6.04. The summed E-state index contributed by atoms with van der Waals surface area (Å²) in [6.45, 7) is 9.63. The Balaban J connectivity index is 2.12. The number of hydrogen-bond acceptors (Lipinski definition) is 3. The van der Waals surface area contributed by atoms with E-state index in [1.165, 1.54) is 6.42 Å². The standard InChI is InChI=1S/C12H20Br2N2O/c1-3-16(4-2)7-5-6-15-9-10-8-11(13)12(14)17-10/h8,15H,3-7,9H2,1-2H3. The van der Waals surface area contributed by atoms with Crippen LogP contribution in [-0.4, -0.2) is 31.1 Å². The summed E-state index contributed by atoms with van der Waals surface area (Å²) in [4.78, 5) is 2.43. The second kappa shape index (κ2) is 8.29. The van der Waals surface area contributed by atoms with Crippen LogP contribution in [0, 0.1) is 0 Å². The molecule has 1 rings (SSSR count). The lowest BCUT2D eigenvalue weighted by molar-refractivity contribution is 0.297. The van der Waals surface area contributed by atoms with Gasteiger partial charge in [-0.05, 0) is 70.5 Å². The molecule has 5 heteroatoms. The molecule has 0 saturated carbocycles. The molecule has 0 aliphatic carbocycles. The molecule has 0 radical (unpaired) electrons. The van der Waals surface area contributed by atoms with E-state index >= 15 is 0 Å². The van der Waals surface area contributed by atoms with Gasteiger partial charge in [0.25, 0.3) is 0 Å². The van der Waals surface area contributed by atoms with E-state index in [0.29, 0.717) is 0 Å². The van der Waals surface area contributed by atoms with Gasteiger partial charge >= 0.3 is 0 Å². The van der Waals surface area contributed by atoms with Crippen molar-refractivity contribution in [3.05, 3.63) is 21.0 Å². The first-order valence-corrected chi connectivity index (χ1v) is 7.62. The van der Waals surface area contributed by atoms with Gasteiger partial charge in [-0.1, -0.05) is 13.8 Å². The second-order valence-corrected chi connectivity index (χ2v) is 5.47. The maximum absolute atomic E-state index is 5.48. The Morgan fingerprint density at radius 3 is 2.53 bits per heavy atom. The van der Waals surface area contributed by atoms with Crippen molar-refractivity contribution in [3.63, 3.8) is 0 Å². The van der Waals surface area contributed by atoms with E-state index in [2.05, 4.69) is 55.9 Å². The third-order valence-corrected chi connectivity index (χ3v) is 4.43. The molecule has 0 aromatic carbocycles. The average Bonchev–Trinajstić information content (AvgIpc) is 2.63. The van der Waals surface area contributed by atoms with E-state index in [-0.39, 0.29) is 0 Å². The molecule has 0 aliphatic heterocycles. The highest BCUT2D eigenvalue weighted by molar-refractivity contribution is 9.13. The average molecular weight is 368 g/mol. The first-order chi connectivity index (χ1) is 8.17. The Kier molecular flexibility index (Phi) is 7.43. The SMILES string of the molecule is CCN(CC)CCCNCc1cc(Br)c(Br)o1. The summed E-state index contributed by atoms with van der Waals surface area (Å²) in [5.74, 6) is 0.951. The molecule has 0 atom stereocenters. The summed E-state index contributed by atoms with van der Waals surface area (Å²) in [5.41, 5.74) is 0. The van der Waals surface area contributed by atoms with E-state index in [9.17, 15) is 0 Å². The van der Waals surface area contributed by atoms with Gasteiger partial charge in [-0.15, -0.1) is 0 Å². The fraction of sp³-hybridized carbons (Fsp3) is 0.667. The minimum absolute atomic E-state index is 0.762. The molecule has 98 valence electrons. The molecular weight excluding hydrogens is 348 g/mol. The van der Waals surface area contributed by atoms with Crippen LogP contribution >= 0.6 is 31.9 Å². The Labute approximate surface area is 120 Å². The molecule has 0 fully saturated rings. The largest absolute Gasteiger partial charge is 0.452 e. The van der Waals surface area contributed by atoms with Gasteiger partial charge in [-0.3, -0.25) is 0 Å². The molecule has 3 nitrogen and oxygen atoms in total. The summed E-state index contributed by atoms with van der Waals surface area (Å²) in [7, 11) is 0. The molecule has 0 spiro atoms. The Morgan fingerprint density at radius 1 is 1.29 bits per heavy atom. The van der Waals surface area contributed by atoms with Gasteiger partial charge in [0.1, 0.15) is 5.76 Å². The van der Waals surface area contributed by atoms with Gasteiger partial charge in [0.05, 0.1) is 11.0 Å². The van der Waals surface area contributed by atoms with Gasteiger partial charge in [0.15, 0.2) is 4.67 Å². The highest BCUT2D eigenvalue weighted by Crippen LogP contribution is 2.26. The Bertz CT molecular complexity index is 305. The van der Waals surface area contributed by atoms with Crippen LogP contribution in [-0.2, 0) is 6.54 Å². The minimum atomic E-state index is 0.762. The molecular formula is C12H20Br2N2O. The predicted octanol–water partition coefficient (Wildman–Crippen LogP) is 3.63. The van der Waals surface area contributed by atoms with Crippen molar-refractivity contribution >= 4 is 31.9 Å². The van der Waals surface area contributed by atoms with Gasteiger partial charge in [0.2, 0.25) is 0 Å². The van der Waals surface area contributed by atoms with E-state index in [1.807, 2.05) is 6.07 Å². The van der Waals surface area contributed by atoms with Gasteiger partial charge < -0.3 is 14.6 Å². The maximum Gasteiger partial charge on any atom is 0.183 e. The topological polar surface area (TPSA) is 28.4 Å². The highest BCUT2D eigenvalue weighted by Gasteiger charge is 2.05. The second-order valence-electron chi connectivity index (χ2n) is 3.89. The van der Waals surface area contributed by atoms with E-state index < -0.39 is 0 Å². The van der Waals surface area contributed by atoms with Crippen LogP contribution in [0.3, 0.4) is 0 Å². The Hall–Kier alpha value is 0.160. The molecule has 0 aliphatic rings. The highest BCUT2D eigenvalue weighted by atomic mass is 79.9. The molecule has 1 aromatic rings. The van der Waals surface area contributed by atoms with Crippen LogP contribution in [0.5, 0.6) is 0 Å². The number of nitrogens with one attached hydrogen (secondary N) is 1. The van der Waals surface area contributed by atoms with Crippen LogP contribution in [0.1, 0.15) is 26.0 Å². The number of rotatable bonds is 8. The lowest BCUT2D eigenvalue weighted by atomic mass is 10.3. The summed E-state index contributed by atoms with van der Waals surface area (Å²) < 4.78 is 7.21. The van der Waals surface area contributed by atoms with E-state index in [4.69, 9.17) is 4.42 Å². The number of halogens is 2. The summed E-state index contributed by atoms with van der Waals surface area (Å²) in [5, 5.41) is 3.38. The molecule has 1 N–H and O–H groups in total. The van der Waals surface area contributed by atoms with E-state index in [1.54, 1.807) is 0 Å². The van der Waals surface area contributed by atoms with Gasteiger partial charge in [-0.25, -0.2) is 0 Å². The van der Waals surface area contributed by atoms with Crippen molar-refractivity contribution in [2.45, 2.75) is 26.8 Å². The van der Waals surface area contributed by atoms with Crippen LogP contribution < -0.4 is 5.32 Å². The van der Waals surface area contributed by atoms with Crippen LogP contribution in [0.4, 0.5) is 0 Å². The lowest BCUT2D eigenvalue weighted by Gasteiger charge is -2.17.